The van der Waals surface area contributed by atoms with Crippen molar-refractivity contribution in [2.24, 2.45) is 0 Å². The Morgan fingerprint density at radius 1 is 0.969 bits per heavy atom. The molecule has 32 heavy (non-hydrogen) atoms. The van der Waals surface area contributed by atoms with Gasteiger partial charge < -0.3 is 9.47 Å². The van der Waals surface area contributed by atoms with Crippen LogP contribution in [0.15, 0.2) is 72.8 Å². The van der Waals surface area contributed by atoms with Crippen LogP contribution in [0.4, 0.5) is 4.39 Å². The SMILES string of the molecule is COC(=O)C(=O)c1ccc(OC/C=C/c2c(-c3ccc(F)cc3)cccc2C(C)C)cc1. The van der Waals surface area contributed by atoms with Gasteiger partial charge in [-0.2, -0.15) is 0 Å². The smallest absolute Gasteiger partial charge is 0.379 e. The summed E-state index contributed by atoms with van der Waals surface area (Å²) >= 11 is 0. The molecule has 0 aromatic heterocycles. The van der Waals surface area contributed by atoms with Crippen LogP contribution in [-0.2, 0) is 9.53 Å². The summed E-state index contributed by atoms with van der Waals surface area (Å²) in [6.45, 7) is 4.59. The summed E-state index contributed by atoms with van der Waals surface area (Å²) in [4.78, 5) is 23.1. The van der Waals surface area contributed by atoms with E-state index in [2.05, 4.69) is 24.7 Å². The van der Waals surface area contributed by atoms with E-state index in [1.807, 2.05) is 24.3 Å². The maximum atomic E-state index is 13.4. The van der Waals surface area contributed by atoms with Crippen molar-refractivity contribution in [1.29, 1.82) is 0 Å². The average Bonchev–Trinajstić information content (AvgIpc) is 2.81. The standard InChI is InChI=1S/C27H25FO4/c1-18(2)23-6-4-7-24(19-9-13-21(28)14-10-19)25(23)8-5-17-32-22-15-11-20(12-16-22)26(29)27(30)31-3/h4-16,18H,17H2,1-3H3/b8-5+. The zero-order chi connectivity index (χ0) is 23.1. The van der Waals surface area contributed by atoms with Gasteiger partial charge in [-0.25, -0.2) is 9.18 Å². The second-order valence-electron chi connectivity index (χ2n) is 7.53. The molecule has 0 aliphatic heterocycles. The lowest BCUT2D eigenvalue weighted by Gasteiger charge is -2.15. The van der Waals surface area contributed by atoms with Gasteiger partial charge in [0.05, 0.1) is 7.11 Å². The van der Waals surface area contributed by atoms with Crippen LogP contribution in [-0.4, -0.2) is 25.5 Å². The lowest BCUT2D eigenvalue weighted by molar-refractivity contribution is -0.135. The van der Waals surface area contributed by atoms with E-state index in [0.29, 0.717) is 18.3 Å². The molecule has 0 heterocycles. The molecule has 0 saturated heterocycles. The highest BCUT2D eigenvalue weighted by Gasteiger charge is 2.16. The fourth-order valence-electron chi connectivity index (χ4n) is 3.38. The zero-order valence-corrected chi connectivity index (χ0v) is 18.3. The number of ether oxygens (including phenoxy) is 2. The van der Waals surface area contributed by atoms with Gasteiger partial charge in [0.2, 0.25) is 0 Å². The highest BCUT2D eigenvalue weighted by Crippen LogP contribution is 2.31. The summed E-state index contributed by atoms with van der Waals surface area (Å²) in [7, 11) is 1.17. The molecule has 0 spiro atoms. The third-order valence-electron chi connectivity index (χ3n) is 5.04. The van der Waals surface area contributed by atoms with Gasteiger partial charge in [-0.3, -0.25) is 4.79 Å². The molecule has 5 heteroatoms. The van der Waals surface area contributed by atoms with Gasteiger partial charge in [-0.05, 0) is 70.6 Å². The van der Waals surface area contributed by atoms with Crippen molar-refractivity contribution in [2.75, 3.05) is 13.7 Å². The topological polar surface area (TPSA) is 52.6 Å². The van der Waals surface area contributed by atoms with E-state index in [1.165, 1.54) is 36.9 Å². The van der Waals surface area contributed by atoms with Crippen molar-refractivity contribution in [3.8, 4) is 16.9 Å². The van der Waals surface area contributed by atoms with E-state index < -0.39 is 11.8 Å². The molecule has 0 bridgehead atoms. The minimum absolute atomic E-state index is 0.245. The predicted molar refractivity (Wildman–Crippen MR) is 123 cm³/mol. The van der Waals surface area contributed by atoms with Crippen LogP contribution in [0.1, 0.15) is 41.3 Å². The molecule has 0 radical (unpaired) electrons. The molecule has 0 saturated carbocycles. The van der Waals surface area contributed by atoms with Crippen molar-refractivity contribution in [1.82, 2.24) is 0 Å². The molecule has 0 fully saturated rings. The number of hydrogen-bond acceptors (Lipinski definition) is 4. The van der Waals surface area contributed by atoms with E-state index in [9.17, 15) is 14.0 Å². The maximum Gasteiger partial charge on any atom is 0.379 e. The van der Waals surface area contributed by atoms with Crippen LogP contribution < -0.4 is 4.74 Å². The molecule has 164 valence electrons. The molecule has 0 aliphatic carbocycles. The Balaban J connectivity index is 1.75. The van der Waals surface area contributed by atoms with Crippen LogP contribution in [0.3, 0.4) is 0 Å². The molecule has 0 atom stereocenters. The number of carbonyl (C=O) groups is 2. The first kappa shape index (κ1) is 22.9. The highest BCUT2D eigenvalue weighted by molar-refractivity contribution is 6.40. The van der Waals surface area contributed by atoms with Gasteiger partial charge in [-0.15, -0.1) is 0 Å². The summed E-state index contributed by atoms with van der Waals surface area (Å²) < 4.78 is 23.6. The Morgan fingerprint density at radius 2 is 1.66 bits per heavy atom. The summed E-state index contributed by atoms with van der Waals surface area (Å²) in [5.41, 5.74) is 4.47. The molecule has 0 amide bonds. The second kappa shape index (κ2) is 10.5. The van der Waals surface area contributed by atoms with Gasteiger partial charge in [-0.1, -0.05) is 50.3 Å². The van der Waals surface area contributed by atoms with Gasteiger partial charge in [0.1, 0.15) is 18.2 Å². The van der Waals surface area contributed by atoms with Crippen molar-refractivity contribution in [3.63, 3.8) is 0 Å². The van der Waals surface area contributed by atoms with E-state index >= 15 is 0 Å². The average molecular weight is 432 g/mol. The minimum atomic E-state index is -0.901. The number of methoxy groups -OCH3 is 1. The number of esters is 1. The normalized spacial score (nSPS) is 11.0. The first-order chi connectivity index (χ1) is 15.4. The van der Waals surface area contributed by atoms with Crippen LogP contribution in [0.5, 0.6) is 5.75 Å². The first-order valence-corrected chi connectivity index (χ1v) is 10.3. The Labute approximate surface area is 187 Å². The van der Waals surface area contributed by atoms with Crippen molar-refractivity contribution >= 4 is 17.8 Å². The Kier molecular flexibility index (Phi) is 7.55. The second-order valence-corrected chi connectivity index (χ2v) is 7.53. The molecule has 3 rings (SSSR count). The van der Waals surface area contributed by atoms with E-state index in [4.69, 9.17) is 4.74 Å². The van der Waals surface area contributed by atoms with Crippen LogP contribution in [0.25, 0.3) is 17.2 Å². The van der Waals surface area contributed by atoms with Crippen molar-refractivity contribution in [3.05, 3.63) is 95.3 Å². The molecular weight excluding hydrogens is 407 g/mol. The number of ketones is 1. The van der Waals surface area contributed by atoms with Gasteiger partial charge >= 0.3 is 5.97 Å². The fourth-order valence-corrected chi connectivity index (χ4v) is 3.38. The number of Topliss-reactive ketones (excluding diaryl/α,β-unsaturated/α-hetero) is 1. The first-order valence-electron chi connectivity index (χ1n) is 10.3. The van der Waals surface area contributed by atoms with E-state index in [0.717, 1.165) is 16.7 Å². The maximum absolute atomic E-state index is 13.4. The van der Waals surface area contributed by atoms with Crippen molar-refractivity contribution in [2.45, 2.75) is 19.8 Å². The largest absolute Gasteiger partial charge is 0.490 e. The van der Waals surface area contributed by atoms with Crippen molar-refractivity contribution < 1.29 is 23.5 Å². The lowest BCUT2D eigenvalue weighted by Crippen LogP contribution is -2.15. The van der Waals surface area contributed by atoms with E-state index in [1.54, 1.807) is 24.3 Å². The summed E-state index contributed by atoms with van der Waals surface area (Å²) in [5.74, 6) is -0.971. The summed E-state index contributed by atoms with van der Waals surface area (Å²) in [6, 6.07) is 18.9. The third kappa shape index (κ3) is 5.49. The predicted octanol–water partition coefficient (Wildman–Crippen LogP) is 6.06. The minimum Gasteiger partial charge on any atom is -0.490 e. The Morgan fingerprint density at radius 3 is 2.28 bits per heavy atom. The molecule has 0 unspecified atom stereocenters. The zero-order valence-electron chi connectivity index (χ0n) is 18.3. The Hall–Kier alpha value is -3.73. The number of rotatable bonds is 8. The molecule has 3 aromatic rings. The van der Waals surface area contributed by atoms with Gasteiger partial charge in [0.15, 0.2) is 0 Å². The molecular formula is C27H25FO4. The lowest BCUT2D eigenvalue weighted by atomic mass is 9.90. The summed E-state index contributed by atoms with van der Waals surface area (Å²) in [6.07, 6.45) is 3.94. The summed E-state index contributed by atoms with van der Waals surface area (Å²) in [5, 5.41) is 0. The quantitative estimate of drug-likeness (QED) is 0.246. The fraction of sp³-hybridized carbons (Fsp3) is 0.185. The van der Waals surface area contributed by atoms with Gasteiger partial charge in [0.25, 0.3) is 5.78 Å². The van der Waals surface area contributed by atoms with E-state index in [-0.39, 0.29) is 11.4 Å². The van der Waals surface area contributed by atoms with Gasteiger partial charge in [0, 0.05) is 5.56 Å². The Bertz CT molecular complexity index is 1110. The monoisotopic (exact) mass is 432 g/mol. The number of benzene rings is 3. The molecule has 0 N–H and O–H groups in total. The van der Waals surface area contributed by atoms with Crippen LogP contribution >= 0.6 is 0 Å². The third-order valence-corrected chi connectivity index (χ3v) is 5.04. The highest BCUT2D eigenvalue weighted by atomic mass is 19.1. The molecule has 4 nitrogen and oxygen atoms in total. The van der Waals surface area contributed by atoms with Crippen LogP contribution in [0.2, 0.25) is 0 Å². The molecule has 0 aliphatic rings. The molecule has 3 aromatic carbocycles. The number of carbonyl (C=O) groups excluding carboxylic acids is 2. The number of halogens is 1. The number of hydrogen-bond donors (Lipinski definition) is 0. The van der Waals surface area contributed by atoms with Crippen LogP contribution in [0, 0.1) is 5.82 Å².